The molecule has 10 heteroatoms. The minimum Gasteiger partial charge on any atom is -0.488 e. The Kier molecular flexibility index (Phi) is 9.87. The number of esters is 1. The van der Waals surface area contributed by atoms with Gasteiger partial charge in [0.05, 0.1) is 32.0 Å². The van der Waals surface area contributed by atoms with Gasteiger partial charge in [0.1, 0.15) is 12.4 Å². The Hall–Kier alpha value is -2.93. The van der Waals surface area contributed by atoms with E-state index >= 15 is 0 Å². The maximum Gasteiger partial charge on any atom is 0.338 e. The summed E-state index contributed by atoms with van der Waals surface area (Å²) < 4.78 is 15.4. The van der Waals surface area contributed by atoms with Gasteiger partial charge in [-0.05, 0) is 71.7 Å². The summed E-state index contributed by atoms with van der Waals surface area (Å²) in [4.78, 5) is 34.3. The number of fused-ring (bicyclic) bond motifs is 1. The lowest BCUT2D eigenvalue weighted by atomic mass is 9.93. The molecule has 0 fully saturated rings. The van der Waals surface area contributed by atoms with E-state index in [0.717, 1.165) is 29.6 Å². The third-order valence-electron chi connectivity index (χ3n) is 6.47. The molecule has 0 amide bonds. The largest absolute Gasteiger partial charge is 0.488 e. The highest BCUT2D eigenvalue weighted by Crippen LogP contribution is 2.36. The van der Waals surface area contributed by atoms with Crippen molar-refractivity contribution in [2.24, 2.45) is 4.99 Å². The average Bonchev–Trinajstić information content (AvgIpc) is 3.30. The topological polar surface area (TPSA) is 69.9 Å². The van der Waals surface area contributed by atoms with Crippen LogP contribution in [0.5, 0.6) is 5.75 Å². The van der Waals surface area contributed by atoms with Crippen LogP contribution in [0.3, 0.4) is 0 Å². The lowest BCUT2D eigenvalue weighted by molar-refractivity contribution is -0.138. The van der Waals surface area contributed by atoms with Gasteiger partial charge >= 0.3 is 5.97 Å². The van der Waals surface area contributed by atoms with Gasteiger partial charge in [-0.1, -0.05) is 82.4 Å². The van der Waals surface area contributed by atoms with Crippen LogP contribution in [0.15, 0.2) is 104 Å². The van der Waals surface area contributed by atoms with Crippen LogP contribution in [0.2, 0.25) is 0 Å². The molecule has 2 heterocycles. The van der Waals surface area contributed by atoms with Crippen LogP contribution >= 0.6 is 61.6 Å². The lowest BCUT2D eigenvalue weighted by Crippen LogP contribution is -2.40. The molecule has 5 rings (SSSR count). The summed E-state index contributed by atoms with van der Waals surface area (Å²) in [7, 11) is 0. The van der Waals surface area contributed by atoms with E-state index in [1.165, 1.54) is 11.3 Å². The first kappa shape index (κ1) is 30.5. The van der Waals surface area contributed by atoms with Gasteiger partial charge in [-0.25, -0.2) is 9.79 Å². The summed E-state index contributed by atoms with van der Waals surface area (Å²) in [6, 6.07) is 20.6. The van der Waals surface area contributed by atoms with E-state index in [4.69, 9.17) is 14.5 Å². The van der Waals surface area contributed by atoms with E-state index in [2.05, 4.69) is 45.1 Å². The fraction of sp³-hybridized carbons (Fsp3) is 0.156. The van der Waals surface area contributed by atoms with Crippen molar-refractivity contribution in [2.75, 3.05) is 19.5 Å². The van der Waals surface area contributed by atoms with Crippen molar-refractivity contribution in [3.05, 3.63) is 129 Å². The van der Waals surface area contributed by atoms with Crippen LogP contribution in [-0.2, 0) is 9.53 Å². The molecule has 1 atom stereocenters. The van der Waals surface area contributed by atoms with Crippen molar-refractivity contribution in [2.45, 2.75) is 17.9 Å². The second kappa shape index (κ2) is 13.6. The summed E-state index contributed by atoms with van der Waals surface area (Å²) in [6.07, 6.45) is 5.51. The normalized spacial score (nSPS) is 14.8. The van der Waals surface area contributed by atoms with Gasteiger partial charge in [-0.3, -0.25) is 9.36 Å². The van der Waals surface area contributed by atoms with Gasteiger partial charge in [0.15, 0.2) is 4.80 Å². The predicted molar refractivity (Wildman–Crippen MR) is 182 cm³/mol. The van der Waals surface area contributed by atoms with E-state index in [1.807, 2.05) is 79.1 Å². The monoisotopic (exact) mass is 772 g/mol. The molecule has 1 aliphatic heterocycles. The molecule has 6 nitrogen and oxygen atoms in total. The number of thioether (sulfide) groups is 1. The number of ether oxygens (including phenoxy) is 2. The Morgan fingerprint density at radius 2 is 1.93 bits per heavy atom. The van der Waals surface area contributed by atoms with E-state index < -0.39 is 12.0 Å². The number of hydrogen-bond acceptors (Lipinski definition) is 7. The Balaban J connectivity index is 1.82. The zero-order chi connectivity index (χ0) is 29.8. The number of carbonyl (C=O) groups excluding carboxylic acids is 1. The Labute approximate surface area is 273 Å². The molecular formula is C32H26BrIN2O4S2. The van der Waals surface area contributed by atoms with Crippen LogP contribution in [0.1, 0.15) is 29.7 Å². The molecular weight excluding hydrogens is 747 g/mol. The molecule has 3 aromatic carbocycles. The third-order valence-corrected chi connectivity index (χ3v) is 9.46. The molecule has 0 unspecified atom stereocenters. The van der Waals surface area contributed by atoms with Crippen molar-refractivity contribution in [3.8, 4) is 5.75 Å². The average molecular weight is 774 g/mol. The maximum atomic E-state index is 14.2. The van der Waals surface area contributed by atoms with Crippen LogP contribution < -0.4 is 19.6 Å². The number of hydrogen-bond donors (Lipinski definition) is 0. The van der Waals surface area contributed by atoms with E-state index in [1.54, 1.807) is 29.3 Å². The van der Waals surface area contributed by atoms with Gasteiger partial charge in [-0.15, -0.1) is 11.8 Å². The molecule has 42 heavy (non-hydrogen) atoms. The molecule has 0 saturated heterocycles. The first-order chi connectivity index (χ1) is 20.4. The number of thiazole rings is 1. The summed E-state index contributed by atoms with van der Waals surface area (Å²) in [5.74, 6) is 0.154. The van der Waals surface area contributed by atoms with Gasteiger partial charge in [0.25, 0.3) is 5.56 Å². The molecule has 0 radical (unpaired) electrons. The number of carbonyl (C=O) groups is 1. The molecule has 0 bridgehead atoms. The molecule has 214 valence electrons. The first-order valence-corrected chi connectivity index (χ1v) is 16.9. The van der Waals surface area contributed by atoms with Gasteiger partial charge in [0.2, 0.25) is 0 Å². The standard InChI is InChI=1S/C32H26BrIN2O4S2/c1-4-15-40-29-21(16-22(33)18-24(29)34)17-25-30(37)36-28(20-11-13-23(41-3)14-12-20)26(31(38)39-5-2)27(35-32(36)42-25)19-9-7-6-8-10-19/h4,6-14,16-18,28H,1,5,15H2,2-3H3/b25-17-/t28-/m1/s1. The van der Waals surface area contributed by atoms with Crippen LogP contribution in [0.4, 0.5) is 0 Å². The van der Waals surface area contributed by atoms with E-state index in [0.29, 0.717) is 33.0 Å². The predicted octanol–water partition coefficient (Wildman–Crippen LogP) is 6.59. The highest BCUT2D eigenvalue weighted by molar-refractivity contribution is 14.1. The Bertz CT molecular complexity index is 1870. The number of rotatable bonds is 9. The van der Waals surface area contributed by atoms with Crippen molar-refractivity contribution >= 4 is 79.4 Å². The number of aromatic nitrogens is 1. The van der Waals surface area contributed by atoms with Crippen LogP contribution in [0.25, 0.3) is 11.8 Å². The Morgan fingerprint density at radius 3 is 2.60 bits per heavy atom. The number of halogens is 2. The van der Waals surface area contributed by atoms with Crippen LogP contribution in [0, 0.1) is 3.57 Å². The molecule has 0 aliphatic carbocycles. The fourth-order valence-corrected chi connectivity index (χ4v) is 7.77. The summed E-state index contributed by atoms with van der Waals surface area (Å²) in [6.45, 7) is 6.05. The summed E-state index contributed by atoms with van der Waals surface area (Å²) in [5.41, 5.74) is 2.87. The van der Waals surface area contributed by atoms with Crippen LogP contribution in [-0.4, -0.2) is 30.0 Å². The van der Waals surface area contributed by atoms with Crippen molar-refractivity contribution in [1.82, 2.24) is 4.57 Å². The zero-order valence-corrected chi connectivity index (χ0v) is 28.2. The second-order valence-electron chi connectivity index (χ2n) is 9.11. The zero-order valence-electron chi connectivity index (χ0n) is 22.8. The third kappa shape index (κ3) is 6.22. The lowest BCUT2D eigenvalue weighted by Gasteiger charge is -2.26. The van der Waals surface area contributed by atoms with Gasteiger partial charge in [-0.2, -0.15) is 0 Å². The molecule has 4 aromatic rings. The number of nitrogens with zero attached hydrogens (tertiary/aromatic N) is 2. The van der Waals surface area contributed by atoms with Crippen molar-refractivity contribution < 1.29 is 14.3 Å². The number of benzene rings is 3. The molecule has 0 N–H and O–H groups in total. The smallest absolute Gasteiger partial charge is 0.338 e. The van der Waals surface area contributed by atoms with Gasteiger partial charge < -0.3 is 9.47 Å². The molecule has 1 aliphatic rings. The van der Waals surface area contributed by atoms with E-state index in [-0.39, 0.29) is 12.2 Å². The quantitative estimate of drug-likeness (QED) is 0.0832. The fourth-order valence-electron chi connectivity index (χ4n) is 4.67. The summed E-state index contributed by atoms with van der Waals surface area (Å²) >= 11 is 8.69. The molecule has 0 spiro atoms. The van der Waals surface area contributed by atoms with Gasteiger partial charge in [0, 0.05) is 20.5 Å². The second-order valence-corrected chi connectivity index (χ2v) is 13.1. The van der Waals surface area contributed by atoms with E-state index in [9.17, 15) is 9.59 Å². The first-order valence-electron chi connectivity index (χ1n) is 13.0. The SMILES string of the molecule is C=CCOc1c(I)cc(Br)cc1/C=c1\sc2n(c1=O)[C@H](c1ccc(SC)cc1)C(C(=O)OCC)=C(c1ccccc1)N=2. The molecule has 0 saturated carbocycles. The summed E-state index contributed by atoms with van der Waals surface area (Å²) in [5, 5.41) is 0. The highest BCUT2D eigenvalue weighted by atomic mass is 127. The maximum absolute atomic E-state index is 14.2. The van der Waals surface area contributed by atoms with Crippen molar-refractivity contribution in [1.29, 1.82) is 0 Å². The molecule has 1 aromatic heterocycles. The van der Waals surface area contributed by atoms with Crippen molar-refractivity contribution in [3.63, 3.8) is 0 Å². The Morgan fingerprint density at radius 1 is 1.19 bits per heavy atom. The minimum absolute atomic E-state index is 0.196. The highest BCUT2D eigenvalue weighted by Gasteiger charge is 2.35. The minimum atomic E-state index is -0.729.